The average molecular weight is 286 g/mol. The van der Waals surface area contributed by atoms with Crippen molar-refractivity contribution >= 4 is 11.7 Å². The number of carbonyl (C=O) groups excluding carboxylic acids is 2. The van der Waals surface area contributed by atoms with Crippen LogP contribution in [0.3, 0.4) is 0 Å². The number of amides is 1. The van der Waals surface area contributed by atoms with Crippen molar-refractivity contribution < 1.29 is 9.59 Å². The molecule has 1 aromatic carbocycles. The fourth-order valence-electron chi connectivity index (χ4n) is 2.03. The van der Waals surface area contributed by atoms with Crippen LogP contribution in [-0.4, -0.2) is 18.2 Å². The Kier molecular flexibility index (Phi) is 6.10. The van der Waals surface area contributed by atoms with Gasteiger partial charge in [-0.25, -0.2) is 0 Å². The summed E-state index contributed by atoms with van der Waals surface area (Å²) in [7, 11) is 0. The molecule has 0 spiro atoms. The molecule has 0 radical (unpaired) electrons. The first-order valence-electron chi connectivity index (χ1n) is 7.08. The highest BCUT2D eigenvalue weighted by Gasteiger charge is 2.25. The molecule has 0 aliphatic carbocycles. The molecule has 0 saturated heterocycles. The molecule has 0 saturated carbocycles. The SMILES string of the molecule is C[C@@H](C#N)CNC(=O)CC(C)(C)CC(=O)c1ccccc1. The number of nitriles is 1. The van der Waals surface area contributed by atoms with Gasteiger partial charge in [0.25, 0.3) is 0 Å². The molecule has 0 heterocycles. The van der Waals surface area contributed by atoms with E-state index in [0.717, 1.165) is 0 Å². The van der Waals surface area contributed by atoms with E-state index < -0.39 is 5.41 Å². The van der Waals surface area contributed by atoms with Crippen LogP contribution in [0.5, 0.6) is 0 Å². The molecule has 0 bridgehead atoms. The average Bonchev–Trinajstić information content (AvgIpc) is 2.44. The summed E-state index contributed by atoms with van der Waals surface area (Å²) in [6.45, 7) is 5.91. The Balaban J connectivity index is 2.52. The van der Waals surface area contributed by atoms with Gasteiger partial charge in [0.2, 0.25) is 5.91 Å². The third kappa shape index (κ3) is 6.22. The molecule has 4 heteroatoms. The first-order valence-corrected chi connectivity index (χ1v) is 7.08. The van der Waals surface area contributed by atoms with Crippen LogP contribution in [-0.2, 0) is 4.79 Å². The molecular weight excluding hydrogens is 264 g/mol. The van der Waals surface area contributed by atoms with E-state index in [9.17, 15) is 9.59 Å². The second-order valence-corrected chi connectivity index (χ2v) is 6.14. The topological polar surface area (TPSA) is 70.0 Å². The summed E-state index contributed by atoms with van der Waals surface area (Å²) in [6.07, 6.45) is 0.585. The summed E-state index contributed by atoms with van der Waals surface area (Å²) in [6, 6.07) is 11.2. The predicted octanol–water partition coefficient (Wildman–Crippen LogP) is 2.95. The van der Waals surface area contributed by atoms with Gasteiger partial charge >= 0.3 is 0 Å². The molecule has 0 unspecified atom stereocenters. The number of Topliss-reactive ketones (excluding diaryl/α,β-unsaturated/α-hetero) is 1. The summed E-state index contributed by atoms with van der Waals surface area (Å²) in [5.74, 6) is -0.287. The van der Waals surface area contributed by atoms with E-state index in [1.165, 1.54) is 0 Å². The fraction of sp³-hybridized carbons (Fsp3) is 0.471. The maximum Gasteiger partial charge on any atom is 0.220 e. The second kappa shape index (κ2) is 7.58. The van der Waals surface area contributed by atoms with Crippen molar-refractivity contribution in [3.05, 3.63) is 35.9 Å². The maximum atomic E-state index is 12.2. The standard InChI is InChI=1S/C17H22N2O2/c1-13(11-18)12-19-16(21)10-17(2,3)9-15(20)14-7-5-4-6-8-14/h4-8,13H,9-10,12H2,1-3H3,(H,19,21)/t13-/m0/s1. The minimum atomic E-state index is -0.410. The minimum absolute atomic E-state index is 0.0405. The summed E-state index contributed by atoms with van der Waals surface area (Å²) in [5, 5.41) is 11.4. The Bertz CT molecular complexity index is 529. The van der Waals surface area contributed by atoms with Gasteiger partial charge in [-0.3, -0.25) is 9.59 Å². The highest BCUT2D eigenvalue weighted by Crippen LogP contribution is 2.27. The van der Waals surface area contributed by atoms with Gasteiger partial charge in [-0.2, -0.15) is 5.26 Å². The Hall–Kier alpha value is -2.15. The third-order valence-electron chi connectivity index (χ3n) is 3.20. The monoisotopic (exact) mass is 286 g/mol. The van der Waals surface area contributed by atoms with Gasteiger partial charge in [-0.05, 0) is 12.3 Å². The van der Waals surface area contributed by atoms with Crippen LogP contribution in [0.25, 0.3) is 0 Å². The van der Waals surface area contributed by atoms with Crippen LogP contribution in [0.15, 0.2) is 30.3 Å². The number of nitrogens with one attached hydrogen (secondary N) is 1. The minimum Gasteiger partial charge on any atom is -0.355 e. The van der Waals surface area contributed by atoms with Crippen molar-refractivity contribution in [2.24, 2.45) is 11.3 Å². The maximum absolute atomic E-state index is 12.2. The zero-order valence-corrected chi connectivity index (χ0v) is 12.8. The Morgan fingerprint density at radius 3 is 2.43 bits per heavy atom. The van der Waals surface area contributed by atoms with Gasteiger partial charge in [-0.15, -0.1) is 0 Å². The van der Waals surface area contributed by atoms with Crippen LogP contribution in [0.2, 0.25) is 0 Å². The second-order valence-electron chi connectivity index (χ2n) is 6.14. The number of benzene rings is 1. The zero-order chi connectivity index (χ0) is 15.9. The van der Waals surface area contributed by atoms with Crippen LogP contribution in [0.4, 0.5) is 0 Å². The molecule has 112 valence electrons. The molecule has 0 aliphatic heterocycles. The van der Waals surface area contributed by atoms with Crippen LogP contribution < -0.4 is 5.32 Å². The summed E-state index contributed by atoms with van der Waals surface area (Å²) in [5.41, 5.74) is 0.261. The first kappa shape index (κ1) is 16.9. The van der Waals surface area contributed by atoms with E-state index in [1.54, 1.807) is 19.1 Å². The summed E-state index contributed by atoms with van der Waals surface area (Å²) < 4.78 is 0. The lowest BCUT2D eigenvalue weighted by Gasteiger charge is -2.23. The highest BCUT2D eigenvalue weighted by molar-refractivity contribution is 5.96. The van der Waals surface area contributed by atoms with Crippen LogP contribution in [0.1, 0.15) is 44.0 Å². The van der Waals surface area contributed by atoms with E-state index in [0.29, 0.717) is 18.5 Å². The van der Waals surface area contributed by atoms with Crippen LogP contribution in [0, 0.1) is 22.7 Å². The lowest BCUT2D eigenvalue weighted by molar-refractivity contribution is -0.123. The van der Waals surface area contributed by atoms with Crippen molar-refractivity contribution in [3.8, 4) is 6.07 Å². The predicted molar refractivity (Wildman–Crippen MR) is 81.6 cm³/mol. The zero-order valence-electron chi connectivity index (χ0n) is 12.8. The van der Waals surface area contributed by atoms with Crippen molar-refractivity contribution in [1.29, 1.82) is 5.26 Å². The van der Waals surface area contributed by atoms with Crippen molar-refractivity contribution in [2.75, 3.05) is 6.54 Å². The molecule has 1 N–H and O–H groups in total. The van der Waals surface area contributed by atoms with Crippen molar-refractivity contribution in [1.82, 2.24) is 5.32 Å². The normalized spacial score (nSPS) is 12.3. The van der Waals surface area contributed by atoms with Crippen molar-refractivity contribution in [3.63, 3.8) is 0 Å². The van der Waals surface area contributed by atoms with E-state index in [-0.39, 0.29) is 24.0 Å². The number of hydrogen-bond acceptors (Lipinski definition) is 3. The smallest absolute Gasteiger partial charge is 0.220 e. The van der Waals surface area contributed by atoms with E-state index in [2.05, 4.69) is 11.4 Å². The van der Waals surface area contributed by atoms with E-state index in [1.807, 2.05) is 32.0 Å². The van der Waals surface area contributed by atoms with Crippen molar-refractivity contribution in [2.45, 2.75) is 33.6 Å². The van der Waals surface area contributed by atoms with Gasteiger partial charge in [0.15, 0.2) is 5.78 Å². The highest BCUT2D eigenvalue weighted by atomic mass is 16.1. The molecule has 1 amide bonds. The third-order valence-corrected chi connectivity index (χ3v) is 3.20. The van der Waals surface area contributed by atoms with Gasteiger partial charge in [0.05, 0.1) is 12.0 Å². The summed E-state index contributed by atoms with van der Waals surface area (Å²) in [4.78, 5) is 24.0. The number of ketones is 1. The lowest BCUT2D eigenvalue weighted by atomic mass is 9.82. The summed E-state index contributed by atoms with van der Waals surface area (Å²) >= 11 is 0. The van der Waals surface area contributed by atoms with Crippen LogP contribution >= 0.6 is 0 Å². The van der Waals surface area contributed by atoms with E-state index >= 15 is 0 Å². The number of hydrogen-bond donors (Lipinski definition) is 1. The molecule has 4 nitrogen and oxygen atoms in total. The Morgan fingerprint density at radius 1 is 1.24 bits per heavy atom. The van der Waals surface area contributed by atoms with Gasteiger partial charge < -0.3 is 5.32 Å². The Morgan fingerprint density at radius 2 is 1.86 bits per heavy atom. The first-order chi connectivity index (χ1) is 9.84. The lowest BCUT2D eigenvalue weighted by Crippen LogP contribution is -2.32. The fourth-order valence-corrected chi connectivity index (χ4v) is 2.03. The molecule has 1 rings (SSSR count). The quantitative estimate of drug-likeness (QED) is 0.783. The Labute approximate surface area is 126 Å². The largest absolute Gasteiger partial charge is 0.355 e. The van der Waals surface area contributed by atoms with Gasteiger partial charge in [0, 0.05) is 24.9 Å². The molecule has 0 aromatic heterocycles. The molecule has 1 aromatic rings. The molecular formula is C17H22N2O2. The molecule has 1 atom stereocenters. The molecule has 0 fully saturated rings. The molecule has 21 heavy (non-hydrogen) atoms. The van der Waals surface area contributed by atoms with E-state index in [4.69, 9.17) is 5.26 Å². The number of nitrogens with zero attached hydrogens (tertiary/aromatic N) is 1. The van der Waals surface area contributed by atoms with Gasteiger partial charge in [0.1, 0.15) is 0 Å². The number of carbonyl (C=O) groups is 2. The number of rotatable bonds is 7. The molecule has 0 aliphatic rings. The van der Waals surface area contributed by atoms with Gasteiger partial charge in [-0.1, -0.05) is 44.2 Å².